The van der Waals surface area contributed by atoms with Gasteiger partial charge in [0.25, 0.3) is 5.91 Å². The first-order chi connectivity index (χ1) is 21.1. The number of carbonyl (C=O) groups is 6. The number of amides is 5. The molecule has 2 aliphatic rings. The standard InChI is InChI=1S/C32H55N5O8/c1-10-19(4)25-31(43)36(9)27(20(5)11-2)32(44)35(8)22(7)28(40)33-14-12-24(39)45-23(16-18(3)17-38)30(42)37-15-13-21(6)26(37)29(41)34-25/h18-23,25-27,38H,10-17H2,1-9H3,(H,33,40)(H,34,41)/t18-,19+,20+,21+,22+,23-,25+,26+,27?/m1/s1. The second-order valence-electron chi connectivity index (χ2n) is 13.1. The van der Waals surface area contributed by atoms with Gasteiger partial charge < -0.3 is 35.2 Å². The predicted octanol–water partition coefficient (Wildman–Crippen LogP) is 0.925. The van der Waals surface area contributed by atoms with E-state index in [9.17, 15) is 33.9 Å². The van der Waals surface area contributed by atoms with Crippen LogP contribution in [0.1, 0.15) is 80.6 Å². The summed E-state index contributed by atoms with van der Waals surface area (Å²) in [6, 6.07) is -3.70. The van der Waals surface area contributed by atoms with E-state index >= 15 is 0 Å². The summed E-state index contributed by atoms with van der Waals surface area (Å²) < 4.78 is 5.59. The van der Waals surface area contributed by atoms with Crippen LogP contribution in [0.5, 0.6) is 0 Å². The van der Waals surface area contributed by atoms with Crippen molar-refractivity contribution in [2.75, 3.05) is 33.8 Å². The van der Waals surface area contributed by atoms with Gasteiger partial charge in [-0.25, -0.2) is 0 Å². The highest BCUT2D eigenvalue weighted by atomic mass is 16.5. The van der Waals surface area contributed by atoms with Crippen molar-refractivity contribution in [2.24, 2.45) is 23.7 Å². The van der Waals surface area contributed by atoms with Gasteiger partial charge in [0.15, 0.2) is 6.10 Å². The summed E-state index contributed by atoms with van der Waals surface area (Å²) in [5.41, 5.74) is 0. The van der Waals surface area contributed by atoms with Gasteiger partial charge in [0.05, 0.1) is 6.42 Å². The van der Waals surface area contributed by atoms with Crippen molar-refractivity contribution in [1.82, 2.24) is 25.3 Å². The number of likely N-dealkylation sites (N-methyl/N-ethyl adjacent to an activating group) is 2. The van der Waals surface area contributed by atoms with Gasteiger partial charge in [-0.15, -0.1) is 0 Å². The second-order valence-corrected chi connectivity index (χ2v) is 13.1. The molecule has 2 rings (SSSR count). The van der Waals surface area contributed by atoms with Crippen LogP contribution >= 0.6 is 0 Å². The minimum atomic E-state index is -1.24. The van der Waals surface area contributed by atoms with Crippen molar-refractivity contribution in [2.45, 2.75) is 111 Å². The minimum Gasteiger partial charge on any atom is -0.452 e. The summed E-state index contributed by atoms with van der Waals surface area (Å²) in [7, 11) is 3.04. The number of rotatable bonds is 7. The lowest BCUT2D eigenvalue weighted by atomic mass is 9.92. The summed E-state index contributed by atoms with van der Waals surface area (Å²) in [5, 5.41) is 15.2. The number of cyclic esters (lactones) is 1. The fourth-order valence-electron chi connectivity index (χ4n) is 5.94. The van der Waals surface area contributed by atoms with Crippen LogP contribution in [0.4, 0.5) is 0 Å². The van der Waals surface area contributed by atoms with Crippen LogP contribution < -0.4 is 10.6 Å². The van der Waals surface area contributed by atoms with E-state index in [4.69, 9.17) is 4.74 Å². The van der Waals surface area contributed by atoms with Gasteiger partial charge in [0.1, 0.15) is 24.2 Å². The molecule has 2 heterocycles. The van der Waals surface area contributed by atoms with E-state index in [1.807, 2.05) is 34.6 Å². The molecule has 13 heteroatoms. The highest BCUT2D eigenvalue weighted by molar-refractivity contribution is 5.96. The molecule has 0 aromatic carbocycles. The molecule has 256 valence electrons. The maximum Gasteiger partial charge on any atom is 0.308 e. The fraction of sp³-hybridized carbons (Fsp3) is 0.812. The molecule has 45 heavy (non-hydrogen) atoms. The molecular weight excluding hydrogens is 582 g/mol. The molecule has 0 saturated carbocycles. The van der Waals surface area contributed by atoms with E-state index in [2.05, 4.69) is 10.6 Å². The first-order valence-electron chi connectivity index (χ1n) is 16.3. The Kier molecular flexibility index (Phi) is 14.3. The van der Waals surface area contributed by atoms with Crippen molar-refractivity contribution in [3.63, 3.8) is 0 Å². The Morgan fingerprint density at radius 3 is 2.09 bits per heavy atom. The zero-order chi connectivity index (χ0) is 34.2. The van der Waals surface area contributed by atoms with Gasteiger partial charge in [-0.3, -0.25) is 28.8 Å². The molecule has 0 bridgehead atoms. The van der Waals surface area contributed by atoms with Crippen molar-refractivity contribution < 1.29 is 38.6 Å². The van der Waals surface area contributed by atoms with E-state index in [1.165, 1.54) is 21.7 Å². The quantitative estimate of drug-likeness (QED) is 0.347. The van der Waals surface area contributed by atoms with Crippen molar-refractivity contribution in [3.05, 3.63) is 0 Å². The number of esters is 1. The number of hydrogen-bond acceptors (Lipinski definition) is 8. The van der Waals surface area contributed by atoms with Crippen LogP contribution in [-0.2, 0) is 33.5 Å². The van der Waals surface area contributed by atoms with E-state index in [-0.39, 0.29) is 56.2 Å². The van der Waals surface area contributed by atoms with E-state index in [0.717, 1.165) is 0 Å². The SMILES string of the molecule is CC[C@H](C)C1C(=O)N(C)[C@@H](C)C(=O)NCCC(=O)O[C@H](C[C@@H](C)CO)C(=O)N2CC[C@H](C)[C@H]2C(=O)N[C@@H]([C@@H](C)CC)C(=O)N1C. The Hall–Kier alpha value is -3.22. The molecule has 0 radical (unpaired) electrons. The van der Waals surface area contributed by atoms with Crippen molar-refractivity contribution >= 4 is 35.5 Å². The first-order valence-corrected chi connectivity index (χ1v) is 16.3. The van der Waals surface area contributed by atoms with Crippen LogP contribution in [0.3, 0.4) is 0 Å². The average molecular weight is 638 g/mol. The number of aliphatic hydroxyl groups is 1. The molecule has 0 aliphatic carbocycles. The molecule has 2 fully saturated rings. The summed E-state index contributed by atoms with van der Waals surface area (Å²) >= 11 is 0. The van der Waals surface area contributed by atoms with Crippen LogP contribution in [0.15, 0.2) is 0 Å². The molecule has 2 saturated heterocycles. The third-order valence-electron chi connectivity index (χ3n) is 9.64. The van der Waals surface area contributed by atoms with Gasteiger partial charge in [0, 0.05) is 33.8 Å². The number of aliphatic hydroxyl groups excluding tert-OH is 1. The van der Waals surface area contributed by atoms with Crippen LogP contribution in [0.2, 0.25) is 0 Å². The maximum atomic E-state index is 14.1. The van der Waals surface area contributed by atoms with Gasteiger partial charge >= 0.3 is 5.97 Å². The van der Waals surface area contributed by atoms with Crippen LogP contribution in [0, 0.1) is 23.7 Å². The third kappa shape index (κ3) is 9.17. The molecule has 1 unspecified atom stereocenters. The average Bonchev–Trinajstić information content (AvgIpc) is 3.41. The number of hydrogen-bond donors (Lipinski definition) is 3. The Balaban J connectivity index is 2.61. The topological polar surface area (TPSA) is 166 Å². The molecule has 0 aromatic heterocycles. The smallest absolute Gasteiger partial charge is 0.308 e. The largest absolute Gasteiger partial charge is 0.452 e. The maximum absolute atomic E-state index is 14.1. The van der Waals surface area contributed by atoms with Gasteiger partial charge in [-0.05, 0) is 43.4 Å². The monoisotopic (exact) mass is 637 g/mol. The lowest BCUT2D eigenvalue weighted by Crippen LogP contribution is -2.61. The van der Waals surface area contributed by atoms with Crippen molar-refractivity contribution in [3.8, 4) is 0 Å². The van der Waals surface area contributed by atoms with E-state index in [0.29, 0.717) is 19.3 Å². The first kappa shape index (κ1) is 38.0. The van der Waals surface area contributed by atoms with E-state index < -0.39 is 65.8 Å². The molecule has 3 N–H and O–H groups in total. The summed E-state index contributed by atoms with van der Waals surface area (Å²) in [6.45, 7) is 12.6. The minimum absolute atomic E-state index is 0.0480. The Labute approximate surface area is 267 Å². The molecule has 2 aliphatic heterocycles. The second kappa shape index (κ2) is 16.9. The normalized spacial score (nSPS) is 30.4. The highest BCUT2D eigenvalue weighted by Crippen LogP contribution is 2.28. The summed E-state index contributed by atoms with van der Waals surface area (Å²) in [4.78, 5) is 85.7. The number of ether oxygens (including phenoxy) is 1. The van der Waals surface area contributed by atoms with Crippen molar-refractivity contribution in [1.29, 1.82) is 0 Å². The molecule has 0 spiro atoms. The van der Waals surface area contributed by atoms with Crippen LogP contribution in [-0.4, -0.2) is 119 Å². The number of fused-ring (bicyclic) bond motifs is 1. The molecular formula is C32H55N5O8. The fourth-order valence-corrected chi connectivity index (χ4v) is 5.94. The third-order valence-corrected chi connectivity index (χ3v) is 9.64. The number of nitrogens with zero attached hydrogens (tertiary/aromatic N) is 3. The Bertz CT molecular complexity index is 1090. The Morgan fingerprint density at radius 1 is 0.889 bits per heavy atom. The lowest BCUT2D eigenvalue weighted by Gasteiger charge is -2.39. The van der Waals surface area contributed by atoms with Gasteiger partial charge in [-0.2, -0.15) is 0 Å². The molecule has 5 amide bonds. The molecule has 13 nitrogen and oxygen atoms in total. The highest BCUT2D eigenvalue weighted by Gasteiger charge is 2.45. The Morgan fingerprint density at radius 2 is 1.51 bits per heavy atom. The number of nitrogens with one attached hydrogen (secondary N) is 2. The van der Waals surface area contributed by atoms with Crippen LogP contribution in [0.25, 0.3) is 0 Å². The summed E-state index contributed by atoms with van der Waals surface area (Å²) in [5.74, 6) is -4.27. The lowest BCUT2D eigenvalue weighted by molar-refractivity contribution is -0.163. The zero-order valence-electron chi connectivity index (χ0n) is 28.5. The number of carbonyl (C=O) groups excluding carboxylic acids is 6. The predicted molar refractivity (Wildman–Crippen MR) is 167 cm³/mol. The van der Waals surface area contributed by atoms with E-state index in [1.54, 1.807) is 20.9 Å². The summed E-state index contributed by atoms with van der Waals surface area (Å²) in [6.07, 6.45) is 0.253. The zero-order valence-corrected chi connectivity index (χ0v) is 28.5. The molecule has 9 atom stereocenters. The molecule has 0 aromatic rings. The van der Waals surface area contributed by atoms with Gasteiger partial charge in [-0.1, -0.05) is 54.4 Å². The van der Waals surface area contributed by atoms with Gasteiger partial charge in [0.2, 0.25) is 23.6 Å².